The van der Waals surface area contributed by atoms with Crippen molar-refractivity contribution in [3.05, 3.63) is 11.7 Å². The van der Waals surface area contributed by atoms with E-state index in [2.05, 4.69) is 17.1 Å². The molecule has 1 N–H and O–H groups in total. The van der Waals surface area contributed by atoms with Crippen molar-refractivity contribution in [2.24, 2.45) is 0 Å². The van der Waals surface area contributed by atoms with Crippen LogP contribution in [0.15, 0.2) is 4.52 Å². The molecular formula is C11H20ClN3O3. The number of aryl methyl sites for hydroxylation is 1. The third kappa shape index (κ3) is 5.01. The predicted molar refractivity (Wildman–Crippen MR) is 68.7 cm³/mol. The van der Waals surface area contributed by atoms with Gasteiger partial charge in [0, 0.05) is 6.42 Å². The highest BCUT2D eigenvalue weighted by Crippen LogP contribution is 2.06. The van der Waals surface area contributed by atoms with Gasteiger partial charge in [0.15, 0.2) is 5.82 Å². The van der Waals surface area contributed by atoms with Crippen LogP contribution in [0.5, 0.6) is 0 Å². The molecule has 0 fully saturated rings. The Morgan fingerprint density at radius 3 is 2.78 bits per heavy atom. The van der Waals surface area contributed by atoms with Crippen LogP contribution in [0, 0.1) is 0 Å². The second-order valence-electron chi connectivity index (χ2n) is 4.14. The highest BCUT2D eigenvalue weighted by atomic mass is 35.5. The van der Waals surface area contributed by atoms with Gasteiger partial charge >= 0.3 is 5.97 Å². The van der Waals surface area contributed by atoms with Crippen molar-refractivity contribution < 1.29 is 14.4 Å². The van der Waals surface area contributed by atoms with Crippen molar-refractivity contribution in [1.82, 2.24) is 15.0 Å². The molecule has 0 bridgehead atoms. The van der Waals surface area contributed by atoms with Crippen molar-refractivity contribution in [2.45, 2.75) is 45.7 Å². The van der Waals surface area contributed by atoms with Gasteiger partial charge in [0.1, 0.15) is 6.04 Å². The fourth-order valence-corrected chi connectivity index (χ4v) is 1.33. The van der Waals surface area contributed by atoms with Crippen LogP contribution in [0.1, 0.15) is 38.4 Å². The average Bonchev–Trinajstić information content (AvgIpc) is 2.72. The van der Waals surface area contributed by atoms with E-state index in [-0.39, 0.29) is 12.4 Å². The summed E-state index contributed by atoms with van der Waals surface area (Å²) in [5, 5.41) is 12.7. The monoisotopic (exact) mass is 277 g/mol. The standard InChI is InChI=1S/C11H19N3O3.ClH/c1-4-5-6-9-12-10(17-13-9)7-14(3)8(2)11(15)16;/h8H,4-7H2,1-3H3,(H,15,16);1H. The molecule has 0 aliphatic carbocycles. The summed E-state index contributed by atoms with van der Waals surface area (Å²) in [5.41, 5.74) is 0. The molecule has 1 unspecified atom stereocenters. The van der Waals surface area contributed by atoms with E-state index in [0.29, 0.717) is 18.3 Å². The van der Waals surface area contributed by atoms with Gasteiger partial charge in [0.05, 0.1) is 6.54 Å². The van der Waals surface area contributed by atoms with Crippen LogP contribution in [-0.4, -0.2) is 39.2 Å². The Bertz CT molecular complexity index is 370. The molecule has 1 heterocycles. The van der Waals surface area contributed by atoms with Gasteiger partial charge in [-0.15, -0.1) is 12.4 Å². The van der Waals surface area contributed by atoms with Gasteiger partial charge in [0.25, 0.3) is 0 Å². The number of likely N-dealkylation sites (N-methyl/N-ethyl adjacent to an activating group) is 1. The number of carbonyl (C=O) groups is 1. The first kappa shape index (κ1) is 16.9. The lowest BCUT2D eigenvalue weighted by molar-refractivity contribution is -0.142. The number of hydrogen-bond donors (Lipinski definition) is 1. The third-order valence-corrected chi connectivity index (χ3v) is 2.67. The van der Waals surface area contributed by atoms with Crippen molar-refractivity contribution in [3.63, 3.8) is 0 Å². The van der Waals surface area contributed by atoms with Gasteiger partial charge < -0.3 is 9.63 Å². The number of aromatic nitrogens is 2. The minimum Gasteiger partial charge on any atom is -0.480 e. The topological polar surface area (TPSA) is 79.5 Å². The summed E-state index contributed by atoms with van der Waals surface area (Å²) in [6.45, 7) is 4.08. The summed E-state index contributed by atoms with van der Waals surface area (Å²) < 4.78 is 5.07. The maximum atomic E-state index is 10.8. The van der Waals surface area contributed by atoms with E-state index < -0.39 is 12.0 Å². The lowest BCUT2D eigenvalue weighted by Crippen LogP contribution is -2.35. The molecule has 7 heteroatoms. The minimum atomic E-state index is -0.863. The summed E-state index contributed by atoms with van der Waals surface area (Å²) in [4.78, 5) is 16.6. The number of halogens is 1. The van der Waals surface area contributed by atoms with E-state index in [1.165, 1.54) is 0 Å². The van der Waals surface area contributed by atoms with E-state index in [9.17, 15) is 4.79 Å². The molecule has 1 atom stereocenters. The SMILES string of the molecule is CCCCc1noc(CN(C)C(C)C(=O)O)n1.Cl. The number of nitrogens with zero attached hydrogens (tertiary/aromatic N) is 3. The summed E-state index contributed by atoms with van der Waals surface area (Å²) in [7, 11) is 1.72. The smallest absolute Gasteiger partial charge is 0.320 e. The highest BCUT2D eigenvalue weighted by molar-refractivity contribution is 5.85. The zero-order valence-electron chi connectivity index (χ0n) is 10.9. The van der Waals surface area contributed by atoms with Crippen LogP contribution in [-0.2, 0) is 17.8 Å². The number of aliphatic carboxylic acids is 1. The molecular weight excluding hydrogens is 258 g/mol. The maximum Gasteiger partial charge on any atom is 0.320 e. The average molecular weight is 278 g/mol. The van der Waals surface area contributed by atoms with E-state index in [1.807, 2.05) is 0 Å². The molecule has 1 aromatic heterocycles. The second kappa shape index (κ2) is 8.05. The molecule has 1 aromatic rings. The van der Waals surface area contributed by atoms with Gasteiger partial charge in [-0.05, 0) is 20.4 Å². The molecule has 18 heavy (non-hydrogen) atoms. The Morgan fingerprint density at radius 1 is 1.56 bits per heavy atom. The molecule has 0 amide bonds. The van der Waals surface area contributed by atoms with E-state index in [4.69, 9.17) is 9.63 Å². The Balaban J connectivity index is 0.00000289. The van der Waals surface area contributed by atoms with Crippen LogP contribution in [0.4, 0.5) is 0 Å². The molecule has 104 valence electrons. The Kier molecular flexibility index (Phi) is 7.54. The molecule has 1 rings (SSSR count). The zero-order chi connectivity index (χ0) is 12.8. The van der Waals surface area contributed by atoms with Crippen molar-refractivity contribution >= 4 is 18.4 Å². The molecule has 0 aromatic carbocycles. The van der Waals surface area contributed by atoms with Crippen molar-refractivity contribution in [3.8, 4) is 0 Å². The fourth-order valence-electron chi connectivity index (χ4n) is 1.33. The molecule has 0 spiro atoms. The maximum absolute atomic E-state index is 10.8. The highest BCUT2D eigenvalue weighted by Gasteiger charge is 2.19. The lowest BCUT2D eigenvalue weighted by atomic mass is 10.2. The van der Waals surface area contributed by atoms with Gasteiger partial charge in [-0.2, -0.15) is 4.98 Å². The fraction of sp³-hybridized carbons (Fsp3) is 0.727. The van der Waals surface area contributed by atoms with Gasteiger partial charge in [-0.25, -0.2) is 0 Å². The Morgan fingerprint density at radius 2 is 2.22 bits per heavy atom. The first-order valence-corrected chi connectivity index (χ1v) is 5.79. The number of rotatable bonds is 7. The molecule has 0 saturated heterocycles. The normalized spacial score (nSPS) is 12.2. The predicted octanol–water partition coefficient (Wildman–Crippen LogP) is 1.74. The molecule has 0 saturated carbocycles. The van der Waals surface area contributed by atoms with Crippen LogP contribution >= 0.6 is 12.4 Å². The Hall–Kier alpha value is -1.14. The molecule has 6 nitrogen and oxygen atoms in total. The van der Waals surface area contributed by atoms with Gasteiger partial charge in [0.2, 0.25) is 5.89 Å². The minimum absolute atomic E-state index is 0. The van der Waals surface area contributed by atoms with Crippen LogP contribution < -0.4 is 0 Å². The van der Waals surface area contributed by atoms with Gasteiger partial charge in [-0.3, -0.25) is 9.69 Å². The molecule has 0 aliphatic heterocycles. The summed E-state index contributed by atoms with van der Waals surface area (Å²) >= 11 is 0. The van der Waals surface area contributed by atoms with E-state index >= 15 is 0 Å². The summed E-state index contributed by atoms with van der Waals surface area (Å²) in [6.07, 6.45) is 2.92. The second-order valence-corrected chi connectivity index (χ2v) is 4.14. The first-order chi connectivity index (χ1) is 8.04. The summed E-state index contributed by atoms with van der Waals surface area (Å²) in [6, 6.07) is -0.569. The largest absolute Gasteiger partial charge is 0.480 e. The number of carboxylic acids is 1. The van der Waals surface area contributed by atoms with E-state index in [0.717, 1.165) is 19.3 Å². The quantitative estimate of drug-likeness (QED) is 0.818. The van der Waals surface area contributed by atoms with Crippen LogP contribution in [0.3, 0.4) is 0 Å². The number of hydrogen-bond acceptors (Lipinski definition) is 5. The van der Waals surface area contributed by atoms with E-state index in [1.54, 1.807) is 18.9 Å². The number of carboxylic acid groups (broad SMARTS) is 1. The molecule has 0 aliphatic rings. The van der Waals surface area contributed by atoms with Gasteiger partial charge in [-0.1, -0.05) is 18.5 Å². The Labute approximate surface area is 113 Å². The lowest BCUT2D eigenvalue weighted by Gasteiger charge is -2.18. The summed E-state index contributed by atoms with van der Waals surface area (Å²) in [5.74, 6) is 0.295. The zero-order valence-corrected chi connectivity index (χ0v) is 11.7. The third-order valence-electron chi connectivity index (χ3n) is 2.67. The van der Waals surface area contributed by atoms with Crippen molar-refractivity contribution in [2.75, 3.05) is 7.05 Å². The van der Waals surface area contributed by atoms with Crippen LogP contribution in [0.25, 0.3) is 0 Å². The van der Waals surface area contributed by atoms with Crippen molar-refractivity contribution in [1.29, 1.82) is 0 Å². The molecule has 0 radical (unpaired) electrons. The first-order valence-electron chi connectivity index (χ1n) is 5.79. The van der Waals surface area contributed by atoms with Crippen LogP contribution in [0.2, 0.25) is 0 Å². The number of unbranched alkanes of at least 4 members (excludes halogenated alkanes) is 1.